The van der Waals surface area contributed by atoms with Crippen molar-refractivity contribution in [1.29, 1.82) is 0 Å². The third-order valence-corrected chi connectivity index (χ3v) is 5.03. The number of amidine groups is 1. The molecule has 172 valence electrons. The number of hydrogen-bond donors (Lipinski definition) is 2. The van der Waals surface area contributed by atoms with E-state index in [1.165, 1.54) is 0 Å². The van der Waals surface area contributed by atoms with Crippen LogP contribution in [0.5, 0.6) is 0 Å². The Morgan fingerprint density at radius 2 is 1.97 bits per heavy atom. The molecule has 0 saturated carbocycles. The number of halogens is 7. The Labute approximate surface area is 182 Å². The van der Waals surface area contributed by atoms with Crippen LogP contribution in [0.3, 0.4) is 0 Å². The zero-order valence-corrected chi connectivity index (χ0v) is 17.0. The van der Waals surface area contributed by atoms with Gasteiger partial charge in [-0.2, -0.15) is 13.2 Å². The maximum absolute atomic E-state index is 14.7. The van der Waals surface area contributed by atoms with Gasteiger partial charge in [0.05, 0.1) is 10.6 Å². The van der Waals surface area contributed by atoms with E-state index in [0.717, 1.165) is 25.1 Å². The molecule has 1 aromatic heterocycles. The van der Waals surface area contributed by atoms with Crippen LogP contribution in [0.1, 0.15) is 28.5 Å². The lowest BCUT2D eigenvalue weighted by molar-refractivity contribution is -0.137. The SMILES string of the molecule is CC1(c2cc(NC(=O)c3ncc(C(F)(F)F)cc3Cl)ccc2F)N=C(N)COCC1(F)F. The van der Waals surface area contributed by atoms with Gasteiger partial charge in [0.1, 0.15) is 30.6 Å². The Morgan fingerprint density at radius 3 is 2.59 bits per heavy atom. The van der Waals surface area contributed by atoms with Crippen molar-refractivity contribution in [1.82, 2.24) is 4.98 Å². The van der Waals surface area contributed by atoms with Crippen LogP contribution in [0.25, 0.3) is 0 Å². The molecule has 1 atom stereocenters. The number of rotatable bonds is 3. The van der Waals surface area contributed by atoms with E-state index < -0.39 is 57.8 Å². The lowest BCUT2D eigenvalue weighted by atomic mass is 9.85. The van der Waals surface area contributed by atoms with Crippen molar-refractivity contribution in [3.63, 3.8) is 0 Å². The number of nitrogens with zero attached hydrogens (tertiary/aromatic N) is 2. The second kappa shape index (κ2) is 8.24. The van der Waals surface area contributed by atoms with Crippen LogP contribution in [0.2, 0.25) is 5.02 Å². The summed E-state index contributed by atoms with van der Waals surface area (Å²) in [7, 11) is 0. The monoisotopic (exact) mass is 480 g/mol. The summed E-state index contributed by atoms with van der Waals surface area (Å²) in [5, 5.41) is 1.66. The van der Waals surface area contributed by atoms with Crippen LogP contribution >= 0.6 is 11.6 Å². The standard InChI is InChI=1S/C19H15ClF6N4O2/c1-17(18(22,23)8-32-7-14(27)30-17)11-5-10(2-3-13(11)21)29-16(31)15-12(20)4-9(6-28-15)19(24,25)26/h2-6H,7-8H2,1H3,(H2,27,30)(H,29,31). The zero-order chi connectivity index (χ0) is 23.9. The summed E-state index contributed by atoms with van der Waals surface area (Å²) in [5.41, 5.74) is 0.666. The molecule has 1 amide bonds. The summed E-state index contributed by atoms with van der Waals surface area (Å²) >= 11 is 5.74. The lowest BCUT2D eigenvalue weighted by Crippen LogP contribution is -2.45. The predicted octanol–water partition coefficient (Wildman–Crippen LogP) is 4.38. The highest BCUT2D eigenvalue weighted by Gasteiger charge is 2.54. The number of carbonyl (C=O) groups excluding carboxylic acids is 1. The fraction of sp³-hybridized carbons (Fsp3) is 0.316. The summed E-state index contributed by atoms with van der Waals surface area (Å²) in [5.74, 6) is -6.02. The van der Waals surface area contributed by atoms with Gasteiger partial charge >= 0.3 is 6.18 Å². The highest BCUT2D eigenvalue weighted by Crippen LogP contribution is 2.44. The minimum atomic E-state index is -4.72. The first-order chi connectivity index (χ1) is 14.7. The minimum absolute atomic E-state index is 0.153. The van der Waals surface area contributed by atoms with Crippen LogP contribution in [-0.2, 0) is 16.5 Å². The minimum Gasteiger partial charge on any atom is -0.385 e. The lowest BCUT2D eigenvalue weighted by Gasteiger charge is -2.33. The molecule has 3 rings (SSSR count). The maximum atomic E-state index is 14.7. The van der Waals surface area contributed by atoms with Gasteiger partial charge in [-0.3, -0.25) is 9.79 Å². The van der Waals surface area contributed by atoms with E-state index in [-0.39, 0.29) is 18.1 Å². The van der Waals surface area contributed by atoms with Crippen LogP contribution in [0.4, 0.5) is 32.0 Å². The van der Waals surface area contributed by atoms with Crippen LogP contribution in [0, 0.1) is 5.82 Å². The zero-order valence-electron chi connectivity index (χ0n) is 16.2. The molecule has 0 bridgehead atoms. The second-order valence-corrected chi connectivity index (χ2v) is 7.48. The largest absolute Gasteiger partial charge is 0.417 e. The molecule has 0 fully saturated rings. The van der Waals surface area contributed by atoms with Gasteiger partial charge < -0.3 is 15.8 Å². The number of hydrogen-bond acceptors (Lipinski definition) is 5. The maximum Gasteiger partial charge on any atom is 0.417 e. The molecule has 0 spiro atoms. The number of anilines is 1. The molecule has 1 aliphatic heterocycles. The molecule has 3 N–H and O–H groups in total. The summed E-state index contributed by atoms with van der Waals surface area (Å²) in [6.07, 6.45) is -4.30. The first kappa shape index (κ1) is 23.8. The Balaban J connectivity index is 1.96. The molecule has 0 aliphatic carbocycles. The first-order valence-electron chi connectivity index (χ1n) is 8.88. The molecular weight excluding hydrogens is 466 g/mol. The Hall–Kier alpha value is -2.86. The highest BCUT2D eigenvalue weighted by atomic mass is 35.5. The van der Waals surface area contributed by atoms with Gasteiger partial charge in [-0.15, -0.1) is 0 Å². The van der Waals surface area contributed by atoms with E-state index in [4.69, 9.17) is 22.1 Å². The molecule has 0 saturated heterocycles. The summed E-state index contributed by atoms with van der Waals surface area (Å²) in [4.78, 5) is 19.6. The predicted molar refractivity (Wildman–Crippen MR) is 103 cm³/mol. The van der Waals surface area contributed by atoms with Gasteiger partial charge in [-0.05, 0) is 31.2 Å². The van der Waals surface area contributed by atoms with Gasteiger partial charge in [-0.1, -0.05) is 11.6 Å². The number of nitrogens with two attached hydrogens (primary N) is 1. The van der Waals surface area contributed by atoms with E-state index in [2.05, 4.69) is 15.3 Å². The number of aliphatic imine (C=N–C) groups is 1. The second-order valence-electron chi connectivity index (χ2n) is 7.07. The van der Waals surface area contributed by atoms with Crippen LogP contribution < -0.4 is 11.1 Å². The molecule has 6 nitrogen and oxygen atoms in total. The van der Waals surface area contributed by atoms with Crippen molar-refractivity contribution in [2.24, 2.45) is 10.7 Å². The molecule has 1 aliphatic rings. The van der Waals surface area contributed by atoms with Crippen molar-refractivity contribution < 1.29 is 35.9 Å². The van der Waals surface area contributed by atoms with Gasteiger partial charge in [0.15, 0.2) is 5.54 Å². The molecule has 13 heteroatoms. The summed E-state index contributed by atoms with van der Waals surface area (Å²) < 4.78 is 87.0. The average molecular weight is 481 g/mol. The number of alkyl halides is 5. The number of carbonyl (C=O) groups is 1. The van der Waals surface area contributed by atoms with E-state index in [1.54, 1.807) is 0 Å². The smallest absolute Gasteiger partial charge is 0.385 e. The Morgan fingerprint density at radius 1 is 1.28 bits per heavy atom. The van der Waals surface area contributed by atoms with Crippen molar-refractivity contribution in [3.05, 3.63) is 58.1 Å². The van der Waals surface area contributed by atoms with Crippen LogP contribution in [-0.4, -0.2) is 35.9 Å². The van der Waals surface area contributed by atoms with E-state index >= 15 is 0 Å². The fourth-order valence-electron chi connectivity index (χ4n) is 3.01. The summed E-state index contributed by atoms with van der Waals surface area (Å²) in [6, 6.07) is 3.33. The highest BCUT2D eigenvalue weighted by molar-refractivity contribution is 6.34. The molecule has 2 heterocycles. The van der Waals surface area contributed by atoms with Gasteiger partial charge in [0, 0.05) is 17.4 Å². The molecule has 2 aromatic rings. The number of nitrogens with one attached hydrogen (secondary N) is 1. The first-order valence-corrected chi connectivity index (χ1v) is 9.26. The van der Waals surface area contributed by atoms with Crippen molar-refractivity contribution >= 4 is 29.0 Å². The number of aromatic nitrogens is 1. The third-order valence-electron chi connectivity index (χ3n) is 4.74. The topological polar surface area (TPSA) is 89.6 Å². The molecule has 0 radical (unpaired) electrons. The van der Waals surface area contributed by atoms with E-state index in [9.17, 15) is 31.1 Å². The number of amides is 1. The van der Waals surface area contributed by atoms with Crippen molar-refractivity contribution in [2.75, 3.05) is 18.5 Å². The van der Waals surface area contributed by atoms with Gasteiger partial charge in [0.25, 0.3) is 11.8 Å². The molecule has 32 heavy (non-hydrogen) atoms. The summed E-state index contributed by atoms with van der Waals surface area (Å²) in [6.45, 7) is -0.483. The van der Waals surface area contributed by atoms with E-state index in [1.807, 2.05) is 0 Å². The number of benzene rings is 1. The molecule has 1 aromatic carbocycles. The fourth-order valence-corrected chi connectivity index (χ4v) is 3.26. The quantitative estimate of drug-likeness (QED) is 0.638. The Bertz CT molecular complexity index is 1090. The third kappa shape index (κ3) is 4.51. The van der Waals surface area contributed by atoms with E-state index in [0.29, 0.717) is 12.3 Å². The Kier molecular flexibility index (Phi) is 6.13. The molecule has 1 unspecified atom stereocenters. The van der Waals surface area contributed by atoms with Gasteiger partial charge in [0.2, 0.25) is 0 Å². The molecular formula is C19H15ClF6N4O2. The van der Waals surface area contributed by atoms with Crippen molar-refractivity contribution in [3.8, 4) is 0 Å². The van der Waals surface area contributed by atoms with Crippen molar-refractivity contribution in [2.45, 2.75) is 24.6 Å². The van der Waals surface area contributed by atoms with Gasteiger partial charge in [-0.25, -0.2) is 18.2 Å². The average Bonchev–Trinajstić information content (AvgIpc) is 2.77. The number of ether oxygens (including phenoxy) is 1. The number of pyridine rings is 1. The normalized spacial score (nSPS) is 20.9. The van der Waals surface area contributed by atoms with Crippen LogP contribution in [0.15, 0.2) is 35.5 Å².